The Bertz CT molecular complexity index is 696. The molecule has 5 heteroatoms. The lowest BCUT2D eigenvalue weighted by Crippen LogP contribution is -2.46. The van der Waals surface area contributed by atoms with Crippen molar-refractivity contribution < 1.29 is 19.0 Å². The van der Waals surface area contributed by atoms with E-state index in [2.05, 4.69) is 30.2 Å². The molecule has 0 aromatic heterocycles. The van der Waals surface area contributed by atoms with E-state index in [0.717, 1.165) is 32.1 Å². The molecule has 1 aromatic rings. The smallest absolute Gasteiger partial charge is 0.334 e. The molecule has 1 spiro atoms. The first-order valence-corrected chi connectivity index (χ1v) is 10.5. The number of esters is 1. The second kappa shape index (κ2) is 10.2. The summed E-state index contributed by atoms with van der Waals surface area (Å²) >= 11 is 0. The van der Waals surface area contributed by atoms with Crippen LogP contribution in [0.2, 0.25) is 0 Å². The summed E-state index contributed by atoms with van der Waals surface area (Å²) in [5, 5.41) is 0. The Kier molecular flexibility index (Phi) is 7.64. The average molecular weight is 400 g/mol. The van der Waals surface area contributed by atoms with Crippen molar-refractivity contribution in [2.75, 3.05) is 20.3 Å². The Labute approximate surface area is 174 Å². The van der Waals surface area contributed by atoms with Crippen LogP contribution < -0.4 is 0 Å². The number of ether oxygens (including phenoxy) is 3. The second-order valence-electron chi connectivity index (χ2n) is 8.02. The summed E-state index contributed by atoms with van der Waals surface area (Å²) in [7, 11) is 1.39. The first kappa shape index (κ1) is 21.8. The van der Waals surface area contributed by atoms with Crippen LogP contribution in [-0.4, -0.2) is 49.1 Å². The van der Waals surface area contributed by atoms with E-state index >= 15 is 0 Å². The Morgan fingerprint density at radius 3 is 2.69 bits per heavy atom. The molecule has 29 heavy (non-hydrogen) atoms. The Morgan fingerprint density at radius 1 is 1.31 bits per heavy atom. The zero-order valence-corrected chi connectivity index (χ0v) is 17.5. The summed E-state index contributed by atoms with van der Waals surface area (Å²) in [6.45, 7) is 9.56. The van der Waals surface area contributed by atoms with E-state index in [9.17, 15) is 4.79 Å². The van der Waals surface area contributed by atoms with Gasteiger partial charge in [0.2, 0.25) is 0 Å². The molecular weight excluding hydrogens is 366 g/mol. The summed E-state index contributed by atoms with van der Waals surface area (Å²) in [4.78, 5) is 14.3. The first-order valence-electron chi connectivity index (χ1n) is 10.5. The number of rotatable bonds is 9. The van der Waals surface area contributed by atoms with Crippen LogP contribution in [0.15, 0.2) is 55.1 Å². The van der Waals surface area contributed by atoms with Crippen molar-refractivity contribution in [3.05, 3.63) is 60.7 Å². The molecule has 0 amide bonds. The predicted molar refractivity (Wildman–Crippen MR) is 113 cm³/mol. The fraction of sp³-hybridized carbons (Fsp3) is 0.542. The van der Waals surface area contributed by atoms with Crippen LogP contribution in [-0.2, 0) is 25.5 Å². The third kappa shape index (κ3) is 5.56. The molecule has 0 bridgehead atoms. The zero-order chi connectivity index (χ0) is 20.7. The van der Waals surface area contributed by atoms with Gasteiger partial charge in [-0.25, -0.2) is 4.79 Å². The molecule has 0 unspecified atom stereocenters. The highest BCUT2D eigenvalue weighted by Gasteiger charge is 2.45. The number of methoxy groups -OCH3 is 1. The quantitative estimate of drug-likeness (QED) is 0.353. The number of nitrogens with zero attached hydrogens (tertiary/aromatic N) is 1. The SMILES string of the molecule is C=CC[C@@H]([C@H]1COC2(CCCCC2)O1)N(CC(=C)C(=O)OC)Cc1ccccc1. The van der Waals surface area contributed by atoms with Crippen molar-refractivity contribution in [2.45, 2.75) is 63.0 Å². The zero-order valence-electron chi connectivity index (χ0n) is 17.5. The second-order valence-corrected chi connectivity index (χ2v) is 8.02. The van der Waals surface area contributed by atoms with Gasteiger partial charge in [0.15, 0.2) is 5.79 Å². The number of benzene rings is 1. The molecular formula is C24H33NO4. The van der Waals surface area contributed by atoms with Crippen LogP contribution in [0.5, 0.6) is 0 Å². The Hall–Kier alpha value is -1.95. The van der Waals surface area contributed by atoms with Crippen LogP contribution in [0.4, 0.5) is 0 Å². The van der Waals surface area contributed by atoms with Crippen LogP contribution >= 0.6 is 0 Å². The summed E-state index contributed by atoms with van der Waals surface area (Å²) in [6, 6.07) is 10.3. The molecule has 1 aromatic carbocycles. The van der Waals surface area contributed by atoms with Crippen LogP contribution in [0.1, 0.15) is 44.1 Å². The molecule has 1 heterocycles. The summed E-state index contributed by atoms with van der Waals surface area (Å²) in [5.74, 6) is -0.812. The number of hydrogen-bond donors (Lipinski definition) is 0. The topological polar surface area (TPSA) is 48.0 Å². The molecule has 1 saturated heterocycles. The number of carbonyl (C=O) groups excluding carboxylic acids is 1. The lowest BCUT2D eigenvalue weighted by Gasteiger charge is -2.37. The molecule has 158 valence electrons. The van der Waals surface area contributed by atoms with Gasteiger partial charge in [0.1, 0.15) is 6.10 Å². The summed E-state index contributed by atoms with van der Waals surface area (Å²) in [6.07, 6.45) is 8.03. The van der Waals surface area contributed by atoms with Crippen molar-refractivity contribution in [3.63, 3.8) is 0 Å². The van der Waals surface area contributed by atoms with Gasteiger partial charge in [0, 0.05) is 37.5 Å². The van der Waals surface area contributed by atoms with Crippen molar-refractivity contribution in [1.29, 1.82) is 0 Å². The third-order valence-corrected chi connectivity index (χ3v) is 5.90. The van der Waals surface area contributed by atoms with Crippen LogP contribution in [0.25, 0.3) is 0 Å². The lowest BCUT2D eigenvalue weighted by molar-refractivity contribution is -0.192. The molecule has 2 aliphatic rings. The fourth-order valence-corrected chi connectivity index (χ4v) is 4.39. The van der Waals surface area contributed by atoms with Gasteiger partial charge in [0.25, 0.3) is 0 Å². The maximum absolute atomic E-state index is 12.0. The van der Waals surface area contributed by atoms with Gasteiger partial charge in [-0.3, -0.25) is 4.90 Å². The predicted octanol–water partition coefficient (Wildman–Crippen LogP) is 4.24. The molecule has 0 N–H and O–H groups in total. The molecule has 1 saturated carbocycles. The highest BCUT2D eigenvalue weighted by atomic mass is 16.7. The minimum Gasteiger partial charge on any atom is -0.466 e. The minimum atomic E-state index is -0.430. The molecule has 3 rings (SSSR count). The monoisotopic (exact) mass is 399 g/mol. The minimum absolute atomic E-state index is 0.0374. The third-order valence-electron chi connectivity index (χ3n) is 5.90. The van der Waals surface area contributed by atoms with Crippen LogP contribution in [0.3, 0.4) is 0 Å². The van der Waals surface area contributed by atoms with Gasteiger partial charge in [0.05, 0.1) is 13.7 Å². The summed E-state index contributed by atoms with van der Waals surface area (Å²) in [5.41, 5.74) is 1.61. The highest BCUT2D eigenvalue weighted by Crippen LogP contribution is 2.39. The molecule has 5 nitrogen and oxygen atoms in total. The average Bonchev–Trinajstić information content (AvgIpc) is 3.14. The molecule has 1 aliphatic heterocycles. The van der Waals surface area contributed by atoms with Gasteiger partial charge in [-0.2, -0.15) is 0 Å². The van der Waals surface area contributed by atoms with Gasteiger partial charge in [-0.05, 0) is 24.8 Å². The van der Waals surface area contributed by atoms with E-state index in [0.29, 0.717) is 25.3 Å². The van der Waals surface area contributed by atoms with E-state index in [-0.39, 0.29) is 18.1 Å². The van der Waals surface area contributed by atoms with Crippen molar-refractivity contribution in [3.8, 4) is 0 Å². The lowest BCUT2D eigenvalue weighted by atomic mass is 9.94. The fourth-order valence-electron chi connectivity index (χ4n) is 4.39. The van der Waals surface area contributed by atoms with Crippen molar-refractivity contribution >= 4 is 5.97 Å². The molecule has 0 radical (unpaired) electrons. The normalized spacial score (nSPS) is 21.8. The molecule has 1 aliphatic carbocycles. The first-order chi connectivity index (χ1) is 14.1. The standard InChI is InChI=1S/C24H33NO4/c1-4-11-21(22-18-28-24(29-22)14-9-6-10-15-24)25(16-19(2)23(26)27-3)17-20-12-7-5-8-13-20/h4-5,7-8,12-13,21-22H,1-2,6,9-11,14-18H2,3H3/t21-,22+/m0/s1. The number of hydrogen-bond acceptors (Lipinski definition) is 5. The van der Waals surface area contributed by atoms with Gasteiger partial charge in [-0.15, -0.1) is 6.58 Å². The Morgan fingerprint density at radius 2 is 2.03 bits per heavy atom. The van der Waals surface area contributed by atoms with E-state index < -0.39 is 5.79 Å². The van der Waals surface area contributed by atoms with E-state index in [1.165, 1.54) is 19.1 Å². The van der Waals surface area contributed by atoms with E-state index in [1.807, 2.05) is 24.3 Å². The maximum atomic E-state index is 12.0. The van der Waals surface area contributed by atoms with Crippen LogP contribution in [0, 0.1) is 0 Å². The molecule has 2 atom stereocenters. The van der Waals surface area contributed by atoms with Crippen molar-refractivity contribution in [2.24, 2.45) is 0 Å². The Balaban J connectivity index is 1.80. The maximum Gasteiger partial charge on any atom is 0.334 e. The van der Waals surface area contributed by atoms with Crippen molar-refractivity contribution in [1.82, 2.24) is 4.90 Å². The van der Waals surface area contributed by atoms with Gasteiger partial charge < -0.3 is 14.2 Å². The van der Waals surface area contributed by atoms with E-state index in [4.69, 9.17) is 14.2 Å². The number of carbonyl (C=O) groups is 1. The van der Waals surface area contributed by atoms with E-state index in [1.54, 1.807) is 0 Å². The molecule has 2 fully saturated rings. The van der Waals surface area contributed by atoms with Gasteiger partial charge >= 0.3 is 5.97 Å². The van der Waals surface area contributed by atoms with Gasteiger partial charge in [-0.1, -0.05) is 49.4 Å². The highest BCUT2D eigenvalue weighted by molar-refractivity contribution is 5.88. The summed E-state index contributed by atoms with van der Waals surface area (Å²) < 4.78 is 17.6. The largest absolute Gasteiger partial charge is 0.466 e.